The molecular weight excluding hydrogens is 254 g/mol. The zero-order chi connectivity index (χ0) is 14.0. The second kappa shape index (κ2) is 4.53. The van der Waals surface area contributed by atoms with Crippen LogP contribution in [0.1, 0.15) is 16.1 Å². The number of nitriles is 1. The number of rotatable bonds is 3. The first-order valence-corrected chi connectivity index (χ1v) is 4.87. The lowest BCUT2D eigenvalue weighted by molar-refractivity contribution is -0.385. The van der Waals surface area contributed by atoms with Gasteiger partial charge in [0, 0.05) is 12.3 Å². The van der Waals surface area contributed by atoms with Crippen molar-refractivity contribution >= 4 is 11.7 Å². The van der Waals surface area contributed by atoms with Gasteiger partial charge in [0.05, 0.1) is 16.6 Å². The molecule has 0 amide bonds. The van der Waals surface area contributed by atoms with Gasteiger partial charge >= 0.3 is 11.7 Å². The molecule has 1 N–H and O–H groups in total. The molecule has 0 saturated heterocycles. The van der Waals surface area contributed by atoms with E-state index in [-0.39, 0.29) is 11.4 Å². The normalized spacial score (nSPS) is 9.84. The number of carbonyl (C=O) groups is 1. The Bertz CT molecular complexity index is 683. The first kappa shape index (κ1) is 12.2. The molecule has 2 aromatic heterocycles. The Morgan fingerprint density at radius 2 is 2.32 bits per heavy atom. The predicted molar refractivity (Wildman–Crippen MR) is 59.7 cm³/mol. The van der Waals surface area contributed by atoms with Gasteiger partial charge in [-0.05, 0) is 6.07 Å². The number of hydrogen-bond acceptors (Lipinski definition) is 6. The standard InChI is InChI=1S/C10H5N5O4/c11-4-6-1-2-12-8(3-6)14-5-7(15(18)19)9(13-14)10(16)17/h1-3,5H,(H,16,17). The van der Waals surface area contributed by atoms with E-state index in [1.807, 2.05) is 6.07 Å². The third-order valence-electron chi connectivity index (χ3n) is 2.20. The van der Waals surface area contributed by atoms with Gasteiger partial charge in [-0.25, -0.2) is 14.5 Å². The van der Waals surface area contributed by atoms with Crippen LogP contribution in [-0.4, -0.2) is 30.8 Å². The fourth-order valence-corrected chi connectivity index (χ4v) is 1.38. The summed E-state index contributed by atoms with van der Waals surface area (Å²) in [6, 6.07) is 4.65. The summed E-state index contributed by atoms with van der Waals surface area (Å²) >= 11 is 0. The van der Waals surface area contributed by atoms with Gasteiger partial charge in [-0.3, -0.25) is 10.1 Å². The Balaban J connectivity index is 2.57. The highest BCUT2D eigenvalue weighted by Crippen LogP contribution is 2.19. The number of carboxylic acid groups (broad SMARTS) is 1. The van der Waals surface area contributed by atoms with Crippen LogP contribution in [0.2, 0.25) is 0 Å². The molecule has 94 valence electrons. The van der Waals surface area contributed by atoms with Crippen LogP contribution in [0, 0.1) is 21.4 Å². The Kier molecular flexibility index (Phi) is 2.91. The minimum absolute atomic E-state index is 0.120. The van der Waals surface area contributed by atoms with E-state index in [1.165, 1.54) is 18.3 Å². The monoisotopic (exact) mass is 259 g/mol. The van der Waals surface area contributed by atoms with Crippen molar-refractivity contribution in [2.24, 2.45) is 0 Å². The molecule has 9 nitrogen and oxygen atoms in total. The van der Waals surface area contributed by atoms with Gasteiger partial charge in [0.15, 0.2) is 5.82 Å². The van der Waals surface area contributed by atoms with Crippen molar-refractivity contribution in [2.45, 2.75) is 0 Å². The van der Waals surface area contributed by atoms with E-state index in [2.05, 4.69) is 10.1 Å². The lowest BCUT2D eigenvalue weighted by Crippen LogP contribution is -2.03. The highest BCUT2D eigenvalue weighted by atomic mass is 16.6. The Labute approximate surface area is 105 Å². The largest absolute Gasteiger partial charge is 0.476 e. The van der Waals surface area contributed by atoms with E-state index in [9.17, 15) is 14.9 Å². The molecule has 9 heteroatoms. The van der Waals surface area contributed by atoms with Crippen molar-refractivity contribution in [3.63, 3.8) is 0 Å². The summed E-state index contributed by atoms with van der Waals surface area (Å²) in [4.78, 5) is 24.6. The van der Waals surface area contributed by atoms with E-state index < -0.39 is 22.3 Å². The highest BCUT2D eigenvalue weighted by Gasteiger charge is 2.25. The number of pyridine rings is 1. The second-order valence-corrected chi connectivity index (χ2v) is 3.38. The van der Waals surface area contributed by atoms with Gasteiger partial charge in [-0.15, -0.1) is 0 Å². The van der Waals surface area contributed by atoms with Gasteiger partial charge < -0.3 is 5.11 Å². The zero-order valence-corrected chi connectivity index (χ0v) is 9.22. The molecule has 0 atom stereocenters. The fraction of sp³-hybridized carbons (Fsp3) is 0. The SMILES string of the molecule is N#Cc1ccnc(-n2cc([N+](=O)[O-])c(C(=O)O)n2)c1. The van der Waals surface area contributed by atoms with E-state index >= 15 is 0 Å². The topological polar surface area (TPSA) is 135 Å². The third-order valence-corrected chi connectivity index (χ3v) is 2.20. The molecule has 0 spiro atoms. The molecule has 19 heavy (non-hydrogen) atoms. The maximum Gasteiger partial charge on any atom is 0.363 e. The first-order chi connectivity index (χ1) is 9.02. The molecule has 0 saturated carbocycles. The van der Waals surface area contributed by atoms with Crippen LogP contribution in [0.25, 0.3) is 5.82 Å². The molecule has 0 aliphatic rings. The average molecular weight is 259 g/mol. The summed E-state index contributed by atoms with van der Waals surface area (Å²) in [5.41, 5.74) is -1.05. The summed E-state index contributed by atoms with van der Waals surface area (Å²) in [7, 11) is 0. The van der Waals surface area contributed by atoms with Crippen LogP contribution in [0.4, 0.5) is 5.69 Å². The highest BCUT2D eigenvalue weighted by molar-refractivity contribution is 5.89. The lowest BCUT2D eigenvalue weighted by atomic mass is 10.3. The molecule has 0 radical (unpaired) electrons. The molecule has 0 bridgehead atoms. The smallest absolute Gasteiger partial charge is 0.363 e. The minimum atomic E-state index is -1.51. The summed E-state index contributed by atoms with van der Waals surface area (Å²) < 4.78 is 0.947. The molecule has 2 heterocycles. The van der Waals surface area contributed by atoms with Crippen LogP contribution in [0.5, 0.6) is 0 Å². The molecule has 2 rings (SSSR count). The van der Waals surface area contributed by atoms with Crippen molar-refractivity contribution in [1.82, 2.24) is 14.8 Å². The van der Waals surface area contributed by atoms with Crippen molar-refractivity contribution in [3.05, 3.63) is 45.9 Å². The molecule has 2 aromatic rings. The fourth-order valence-electron chi connectivity index (χ4n) is 1.38. The molecule has 0 aromatic carbocycles. The van der Waals surface area contributed by atoms with Crippen LogP contribution < -0.4 is 0 Å². The molecular formula is C10H5N5O4. The maximum atomic E-state index is 10.8. The number of hydrogen-bond donors (Lipinski definition) is 1. The van der Waals surface area contributed by atoms with Crippen LogP contribution in [0.3, 0.4) is 0 Å². The lowest BCUT2D eigenvalue weighted by Gasteiger charge is -1.98. The predicted octanol–water partition coefficient (Wildman–Crippen LogP) is 0.745. The van der Waals surface area contributed by atoms with Gasteiger partial charge in [-0.1, -0.05) is 0 Å². The molecule has 0 aliphatic heterocycles. The van der Waals surface area contributed by atoms with Crippen molar-refractivity contribution in [3.8, 4) is 11.9 Å². The summed E-state index contributed by atoms with van der Waals surface area (Å²) in [5.74, 6) is -1.39. The summed E-state index contributed by atoms with van der Waals surface area (Å²) in [5, 5.41) is 31.8. The zero-order valence-electron chi connectivity index (χ0n) is 9.22. The average Bonchev–Trinajstić information content (AvgIpc) is 2.84. The van der Waals surface area contributed by atoms with E-state index in [1.54, 1.807) is 0 Å². The number of aromatic carboxylic acids is 1. The van der Waals surface area contributed by atoms with E-state index in [0.717, 1.165) is 10.9 Å². The van der Waals surface area contributed by atoms with Gasteiger partial charge in [0.2, 0.25) is 5.69 Å². The summed E-state index contributed by atoms with van der Waals surface area (Å²) in [6.45, 7) is 0. The Morgan fingerprint density at radius 1 is 1.58 bits per heavy atom. The number of aromatic nitrogens is 3. The number of carboxylic acids is 1. The second-order valence-electron chi connectivity index (χ2n) is 3.38. The van der Waals surface area contributed by atoms with Gasteiger partial charge in [-0.2, -0.15) is 10.4 Å². The number of nitrogens with zero attached hydrogens (tertiary/aromatic N) is 5. The van der Waals surface area contributed by atoms with Crippen molar-refractivity contribution < 1.29 is 14.8 Å². The third kappa shape index (κ3) is 2.22. The van der Waals surface area contributed by atoms with E-state index in [0.29, 0.717) is 0 Å². The van der Waals surface area contributed by atoms with Crippen LogP contribution >= 0.6 is 0 Å². The maximum absolute atomic E-state index is 10.8. The van der Waals surface area contributed by atoms with Crippen molar-refractivity contribution in [2.75, 3.05) is 0 Å². The van der Waals surface area contributed by atoms with E-state index in [4.69, 9.17) is 10.4 Å². The molecule has 0 aliphatic carbocycles. The molecule has 0 unspecified atom stereocenters. The quantitative estimate of drug-likeness (QED) is 0.634. The van der Waals surface area contributed by atoms with Crippen LogP contribution in [-0.2, 0) is 0 Å². The van der Waals surface area contributed by atoms with Gasteiger partial charge in [0.1, 0.15) is 6.20 Å². The Hall–Kier alpha value is -3.28. The first-order valence-electron chi connectivity index (χ1n) is 4.87. The molecule has 0 fully saturated rings. The Morgan fingerprint density at radius 3 is 2.84 bits per heavy atom. The van der Waals surface area contributed by atoms with Crippen molar-refractivity contribution in [1.29, 1.82) is 5.26 Å². The minimum Gasteiger partial charge on any atom is -0.476 e. The van der Waals surface area contributed by atoms with Crippen LogP contribution in [0.15, 0.2) is 24.5 Å². The van der Waals surface area contributed by atoms with Gasteiger partial charge in [0.25, 0.3) is 0 Å². The number of nitro groups is 1. The summed E-state index contributed by atoms with van der Waals surface area (Å²) in [6.07, 6.45) is 2.26.